The van der Waals surface area contributed by atoms with Crippen LogP contribution in [0.2, 0.25) is 0 Å². The van der Waals surface area contributed by atoms with E-state index in [4.69, 9.17) is 0 Å². The Morgan fingerprint density at radius 2 is 1.61 bits per heavy atom. The topological polar surface area (TPSA) is 49.4 Å². The zero-order valence-corrected chi connectivity index (χ0v) is 13.6. The number of rotatable bonds is 6. The molecule has 0 aromatic heterocycles. The molecule has 4 nitrogen and oxygen atoms in total. The minimum atomic E-state index is -0.156. The van der Waals surface area contributed by atoms with Crippen LogP contribution in [-0.2, 0) is 22.7 Å². The van der Waals surface area contributed by atoms with Gasteiger partial charge in [0.15, 0.2) is 0 Å². The number of carbonyl (C=O) groups excluding carboxylic acids is 2. The average Bonchev–Trinajstić information content (AvgIpc) is 2.54. The van der Waals surface area contributed by atoms with Crippen LogP contribution >= 0.6 is 0 Å². The highest BCUT2D eigenvalue weighted by molar-refractivity contribution is 5.83. The Balaban J connectivity index is 1.88. The van der Waals surface area contributed by atoms with Crippen molar-refractivity contribution in [2.45, 2.75) is 26.9 Å². The first-order valence-corrected chi connectivity index (χ1v) is 7.66. The summed E-state index contributed by atoms with van der Waals surface area (Å²) >= 11 is 0. The van der Waals surface area contributed by atoms with E-state index in [-0.39, 0.29) is 18.4 Å². The first-order valence-electron chi connectivity index (χ1n) is 7.66. The van der Waals surface area contributed by atoms with Crippen LogP contribution < -0.4 is 5.32 Å². The standard InChI is InChI=1S/C19H22N2O2/c1-15-8-10-17(11-9-15)12-20-19(23)14-21(16(2)22)13-18-6-4-3-5-7-18/h3-11H,12-14H2,1-2H3,(H,20,23). The number of carbonyl (C=O) groups is 2. The molecule has 1 N–H and O–H groups in total. The van der Waals surface area contributed by atoms with Crippen molar-refractivity contribution in [3.05, 3.63) is 71.3 Å². The first-order chi connectivity index (χ1) is 11.0. The van der Waals surface area contributed by atoms with E-state index in [1.54, 1.807) is 4.90 Å². The third kappa shape index (κ3) is 5.58. The summed E-state index contributed by atoms with van der Waals surface area (Å²) in [6.45, 7) is 4.48. The lowest BCUT2D eigenvalue weighted by Gasteiger charge is -2.20. The van der Waals surface area contributed by atoms with Crippen LogP contribution in [0.4, 0.5) is 0 Å². The molecule has 0 saturated heterocycles. The van der Waals surface area contributed by atoms with E-state index in [1.165, 1.54) is 12.5 Å². The smallest absolute Gasteiger partial charge is 0.239 e. The zero-order chi connectivity index (χ0) is 16.7. The maximum Gasteiger partial charge on any atom is 0.239 e. The fourth-order valence-electron chi connectivity index (χ4n) is 2.22. The van der Waals surface area contributed by atoms with E-state index in [1.807, 2.05) is 61.5 Å². The molecule has 0 fully saturated rings. The van der Waals surface area contributed by atoms with Crippen LogP contribution in [0.3, 0.4) is 0 Å². The lowest BCUT2D eigenvalue weighted by molar-refractivity contribution is -0.135. The monoisotopic (exact) mass is 310 g/mol. The number of benzene rings is 2. The largest absolute Gasteiger partial charge is 0.350 e. The molecular formula is C19H22N2O2. The van der Waals surface area contributed by atoms with E-state index in [2.05, 4.69) is 5.32 Å². The Kier molecular flexibility index (Phi) is 5.92. The molecule has 0 unspecified atom stereocenters. The zero-order valence-electron chi connectivity index (χ0n) is 13.6. The van der Waals surface area contributed by atoms with Crippen molar-refractivity contribution in [1.29, 1.82) is 0 Å². The Morgan fingerprint density at radius 3 is 2.22 bits per heavy atom. The summed E-state index contributed by atoms with van der Waals surface area (Å²) in [4.78, 5) is 25.4. The summed E-state index contributed by atoms with van der Waals surface area (Å²) in [6.07, 6.45) is 0. The van der Waals surface area contributed by atoms with Gasteiger partial charge in [-0.2, -0.15) is 0 Å². The molecule has 120 valence electrons. The van der Waals surface area contributed by atoms with Crippen molar-refractivity contribution in [1.82, 2.24) is 10.2 Å². The molecular weight excluding hydrogens is 288 g/mol. The van der Waals surface area contributed by atoms with E-state index < -0.39 is 0 Å². The van der Waals surface area contributed by atoms with Crippen molar-refractivity contribution < 1.29 is 9.59 Å². The maximum atomic E-state index is 12.1. The summed E-state index contributed by atoms with van der Waals surface area (Å²) in [5.74, 6) is -0.268. The summed E-state index contributed by atoms with van der Waals surface area (Å²) in [5, 5.41) is 2.86. The summed E-state index contributed by atoms with van der Waals surface area (Å²) in [6, 6.07) is 17.7. The van der Waals surface area contributed by atoms with Gasteiger partial charge in [0, 0.05) is 20.0 Å². The second-order valence-electron chi connectivity index (χ2n) is 5.62. The van der Waals surface area contributed by atoms with Crippen molar-refractivity contribution in [2.75, 3.05) is 6.54 Å². The number of hydrogen-bond donors (Lipinski definition) is 1. The highest BCUT2D eigenvalue weighted by atomic mass is 16.2. The molecule has 0 bridgehead atoms. The Labute approximate surface area is 137 Å². The average molecular weight is 310 g/mol. The highest BCUT2D eigenvalue weighted by Crippen LogP contribution is 2.05. The van der Waals surface area contributed by atoms with Gasteiger partial charge < -0.3 is 10.2 Å². The van der Waals surface area contributed by atoms with Crippen molar-refractivity contribution in [3.8, 4) is 0 Å². The summed E-state index contributed by atoms with van der Waals surface area (Å²) in [5.41, 5.74) is 3.24. The van der Waals surface area contributed by atoms with Crippen molar-refractivity contribution >= 4 is 11.8 Å². The van der Waals surface area contributed by atoms with Gasteiger partial charge in [0.05, 0.1) is 6.54 Å². The van der Waals surface area contributed by atoms with E-state index >= 15 is 0 Å². The van der Waals surface area contributed by atoms with Gasteiger partial charge in [-0.05, 0) is 18.1 Å². The van der Waals surface area contributed by atoms with E-state index in [0.717, 1.165) is 11.1 Å². The Bertz CT molecular complexity index is 651. The van der Waals surface area contributed by atoms with Crippen molar-refractivity contribution in [3.63, 3.8) is 0 Å². The van der Waals surface area contributed by atoms with Crippen LogP contribution in [0.1, 0.15) is 23.6 Å². The predicted octanol–water partition coefficient (Wildman–Crippen LogP) is 2.66. The van der Waals surface area contributed by atoms with E-state index in [9.17, 15) is 9.59 Å². The number of nitrogens with zero attached hydrogens (tertiary/aromatic N) is 1. The highest BCUT2D eigenvalue weighted by Gasteiger charge is 2.13. The minimum absolute atomic E-state index is 0.0656. The Morgan fingerprint density at radius 1 is 0.957 bits per heavy atom. The van der Waals surface area contributed by atoms with Gasteiger partial charge in [-0.1, -0.05) is 60.2 Å². The molecule has 23 heavy (non-hydrogen) atoms. The molecule has 4 heteroatoms. The van der Waals surface area contributed by atoms with Crippen LogP contribution in [0.25, 0.3) is 0 Å². The summed E-state index contributed by atoms with van der Waals surface area (Å²) in [7, 11) is 0. The number of hydrogen-bond acceptors (Lipinski definition) is 2. The molecule has 0 spiro atoms. The fraction of sp³-hybridized carbons (Fsp3) is 0.263. The first kappa shape index (κ1) is 16.7. The molecule has 0 saturated carbocycles. The lowest BCUT2D eigenvalue weighted by atomic mass is 10.1. The van der Waals surface area contributed by atoms with Gasteiger partial charge in [-0.3, -0.25) is 9.59 Å². The fourth-order valence-corrected chi connectivity index (χ4v) is 2.22. The van der Waals surface area contributed by atoms with Crippen LogP contribution in [0.15, 0.2) is 54.6 Å². The second kappa shape index (κ2) is 8.13. The van der Waals surface area contributed by atoms with Crippen molar-refractivity contribution in [2.24, 2.45) is 0 Å². The SMILES string of the molecule is CC(=O)N(CC(=O)NCc1ccc(C)cc1)Cc1ccccc1. The van der Waals surface area contributed by atoms with Crippen LogP contribution in [0, 0.1) is 6.92 Å². The number of amides is 2. The van der Waals surface area contributed by atoms with Crippen LogP contribution in [0.5, 0.6) is 0 Å². The second-order valence-corrected chi connectivity index (χ2v) is 5.62. The molecule has 0 heterocycles. The molecule has 2 aromatic carbocycles. The number of nitrogens with one attached hydrogen (secondary N) is 1. The lowest BCUT2D eigenvalue weighted by Crippen LogP contribution is -2.39. The van der Waals surface area contributed by atoms with Gasteiger partial charge in [0.1, 0.15) is 0 Å². The number of aryl methyl sites for hydroxylation is 1. The molecule has 2 aromatic rings. The quantitative estimate of drug-likeness (QED) is 0.892. The molecule has 0 aliphatic carbocycles. The van der Waals surface area contributed by atoms with Gasteiger partial charge >= 0.3 is 0 Å². The summed E-state index contributed by atoms with van der Waals surface area (Å²) < 4.78 is 0. The third-order valence-corrected chi connectivity index (χ3v) is 3.61. The van der Waals surface area contributed by atoms with Gasteiger partial charge in [-0.25, -0.2) is 0 Å². The maximum absolute atomic E-state index is 12.1. The molecule has 0 radical (unpaired) electrons. The predicted molar refractivity (Wildman–Crippen MR) is 90.6 cm³/mol. The van der Waals surface area contributed by atoms with Crippen LogP contribution in [-0.4, -0.2) is 23.3 Å². The van der Waals surface area contributed by atoms with Gasteiger partial charge in [0.2, 0.25) is 11.8 Å². The Hall–Kier alpha value is -2.62. The molecule has 0 atom stereocenters. The van der Waals surface area contributed by atoms with E-state index in [0.29, 0.717) is 13.1 Å². The van der Waals surface area contributed by atoms with Gasteiger partial charge in [0.25, 0.3) is 0 Å². The molecule has 0 aliphatic heterocycles. The molecule has 0 aliphatic rings. The molecule has 2 amide bonds. The van der Waals surface area contributed by atoms with Gasteiger partial charge in [-0.15, -0.1) is 0 Å². The third-order valence-electron chi connectivity index (χ3n) is 3.61. The minimum Gasteiger partial charge on any atom is -0.350 e. The normalized spacial score (nSPS) is 10.2. The molecule has 2 rings (SSSR count).